The average molecular weight is 206 g/mol. The fourth-order valence-electron chi connectivity index (χ4n) is 0.846. The lowest BCUT2D eigenvalue weighted by Gasteiger charge is -2.05. The van der Waals surface area contributed by atoms with Gasteiger partial charge in [-0.05, 0) is 0 Å². The second-order valence-corrected chi connectivity index (χ2v) is 2.44. The molecule has 0 fully saturated rings. The van der Waals surface area contributed by atoms with Crippen LogP contribution < -0.4 is 0 Å². The quantitative estimate of drug-likeness (QED) is 0.721. The molecule has 0 amide bonds. The second-order valence-electron chi connectivity index (χ2n) is 2.44. The van der Waals surface area contributed by atoms with Crippen LogP contribution in [0.1, 0.15) is 11.3 Å². The lowest BCUT2D eigenvalue weighted by Crippen LogP contribution is -2.10. The normalized spacial score (nSPS) is 11.4. The molecule has 0 aliphatic rings. The fourth-order valence-corrected chi connectivity index (χ4v) is 0.846. The van der Waals surface area contributed by atoms with E-state index in [2.05, 4.69) is 11.7 Å². The Morgan fingerprint density at radius 2 is 2.14 bits per heavy atom. The van der Waals surface area contributed by atoms with E-state index in [1.807, 2.05) is 0 Å². The molecule has 14 heavy (non-hydrogen) atoms. The minimum atomic E-state index is -4.66. The minimum Gasteiger partial charge on any atom is -0.478 e. The van der Waals surface area contributed by atoms with Crippen molar-refractivity contribution in [3.05, 3.63) is 24.0 Å². The van der Waals surface area contributed by atoms with E-state index in [9.17, 15) is 18.0 Å². The number of carboxylic acid groups (broad SMARTS) is 1. The van der Waals surface area contributed by atoms with Crippen LogP contribution in [0.4, 0.5) is 13.2 Å². The third kappa shape index (κ3) is 1.76. The van der Waals surface area contributed by atoms with Crippen LogP contribution in [-0.2, 0) is 11.0 Å². The van der Waals surface area contributed by atoms with Gasteiger partial charge in [0, 0.05) is 5.56 Å². The zero-order valence-corrected chi connectivity index (χ0v) is 6.72. The Labute approximate surface area is 76.1 Å². The van der Waals surface area contributed by atoms with Crippen LogP contribution >= 0.6 is 0 Å². The zero-order valence-electron chi connectivity index (χ0n) is 6.72. The number of halogens is 3. The molecule has 0 aliphatic heterocycles. The van der Waals surface area contributed by atoms with Crippen LogP contribution in [0.2, 0.25) is 0 Å². The summed E-state index contributed by atoms with van der Waals surface area (Å²) in [5.41, 5.74) is -2.40. The van der Waals surface area contributed by atoms with Crippen molar-refractivity contribution in [3.8, 4) is 0 Å². The topological polar surface area (TPSA) is 66.0 Å². The van der Waals surface area contributed by atoms with Crippen LogP contribution in [0.5, 0.6) is 0 Å². The number of rotatable bonds is 2. The van der Waals surface area contributed by atoms with Gasteiger partial charge in [-0.3, -0.25) is 5.10 Å². The van der Waals surface area contributed by atoms with Crippen LogP contribution in [0.15, 0.2) is 12.8 Å². The summed E-state index contributed by atoms with van der Waals surface area (Å²) in [5.74, 6) is -1.52. The smallest absolute Gasteiger partial charge is 0.433 e. The van der Waals surface area contributed by atoms with E-state index in [1.165, 1.54) is 0 Å². The molecule has 1 aromatic rings. The van der Waals surface area contributed by atoms with Crippen molar-refractivity contribution in [3.63, 3.8) is 0 Å². The maximum atomic E-state index is 12.2. The highest BCUT2D eigenvalue weighted by Gasteiger charge is 2.36. The predicted octanol–water partition coefficient (Wildman–Crippen LogP) is 1.53. The van der Waals surface area contributed by atoms with Crippen LogP contribution in [0.25, 0.3) is 5.57 Å². The first-order chi connectivity index (χ1) is 6.34. The summed E-state index contributed by atoms with van der Waals surface area (Å²) in [7, 11) is 0. The number of nitrogens with zero attached hydrogens (tertiary/aromatic N) is 1. The Bertz CT molecular complexity index is 381. The maximum absolute atomic E-state index is 12.2. The van der Waals surface area contributed by atoms with Crippen LogP contribution in [-0.4, -0.2) is 21.3 Å². The Kier molecular flexibility index (Phi) is 2.33. The van der Waals surface area contributed by atoms with Crippen molar-refractivity contribution in [1.82, 2.24) is 10.2 Å². The molecule has 0 saturated heterocycles. The highest BCUT2D eigenvalue weighted by molar-refractivity contribution is 6.14. The van der Waals surface area contributed by atoms with Gasteiger partial charge in [0.15, 0.2) is 0 Å². The highest BCUT2D eigenvalue weighted by Crippen LogP contribution is 2.32. The average Bonchev–Trinajstić information content (AvgIpc) is 2.48. The van der Waals surface area contributed by atoms with Gasteiger partial charge in [-0.15, -0.1) is 0 Å². The van der Waals surface area contributed by atoms with Gasteiger partial charge in [-0.25, -0.2) is 4.79 Å². The number of nitrogens with one attached hydrogen (secondary N) is 1. The van der Waals surface area contributed by atoms with Gasteiger partial charge >= 0.3 is 12.1 Å². The van der Waals surface area contributed by atoms with E-state index in [-0.39, 0.29) is 0 Å². The summed E-state index contributed by atoms with van der Waals surface area (Å²) < 4.78 is 36.6. The molecule has 2 N–H and O–H groups in total. The van der Waals surface area contributed by atoms with Crippen LogP contribution in [0.3, 0.4) is 0 Å². The van der Waals surface area contributed by atoms with E-state index in [1.54, 1.807) is 5.10 Å². The number of alkyl halides is 3. The number of aromatic nitrogens is 2. The van der Waals surface area contributed by atoms with Crippen molar-refractivity contribution in [1.29, 1.82) is 0 Å². The summed E-state index contributed by atoms with van der Waals surface area (Å²) in [6.45, 7) is 3.01. The molecule has 0 saturated carbocycles. The first-order valence-corrected chi connectivity index (χ1v) is 3.37. The molecule has 0 aromatic carbocycles. The lowest BCUT2D eigenvalue weighted by molar-refractivity contribution is -0.141. The predicted molar refractivity (Wildman–Crippen MR) is 40.3 cm³/mol. The number of H-pyrrole nitrogens is 1. The molecule has 0 atom stereocenters. The molecule has 1 rings (SSSR count). The van der Waals surface area contributed by atoms with E-state index in [0.29, 0.717) is 0 Å². The third-order valence-corrected chi connectivity index (χ3v) is 1.51. The number of aliphatic carboxylic acids is 1. The van der Waals surface area contributed by atoms with Crippen molar-refractivity contribution < 1.29 is 23.1 Å². The SMILES string of the molecule is C=C(C(=O)O)c1cn[nH]c1C(F)(F)F. The molecule has 1 heterocycles. The zero-order chi connectivity index (χ0) is 10.9. The standard InChI is InChI=1S/C7H5F3N2O2/c1-3(6(13)14)4-2-11-12-5(4)7(8,9)10/h2H,1H2,(H,11,12)(H,13,14). The van der Waals surface area contributed by atoms with Crippen molar-refractivity contribution >= 4 is 11.5 Å². The van der Waals surface area contributed by atoms with E-state index in [0.717, 1.165) is 6.20 Å². The number of carboxylic acids is 1. The Morgan fingerprint density at radius 1 is 1.57 bits per heavy atom. The molecule has 0 spiro atoms. The summed E-state index contributed by atoms with van der Waals surface area (Å²) in [5, 5.41) is 13.2. The van der Waals surface area contributed by atoms with E-state index >= 15 is 0 Å². The summed E-state index contributed by atoms with van der Waals surface area (Å²) in [6, 6.07) is 0. The van der Waals surface area contributed by atoms with Gasteiger partial charge in [-0.1, -0.05) is 6.58 Å². The molecule has 7 heteroatoms. The number of aromatic amines is 1. The van der Waals surface area contributed by atoms with Gasteiger partial charge < -0.3 is 5.11 Å². The van der Waals surface area contributed by atoms with Crippen molar-refractivity contribution in [2.24, 2.45) is 0 Å². The van der Waals surface area contributed by atoms with Gasteiger partial charge in [-0.2, -0.15) is 18.3 Å². The molecule has 76 valence electrons. The Morgan fingerprint density at radius 3 is 2.57 bits per heavy atom. The molecule has 4 nitrogen and oxygen atoms in total. The van der Waals surface area contributed by atoms with Gasteiger partial charge in [0.1, 0.15) is 5.69 Å². The van der Waals surface area contributed by atoms with Gasteiger partial charge in [0.2, 0.25) is 0 Å². The molecule has 0 unspecified atom stereocenters. The molecule has 0 bridgehead atoms. The lowest BCUT2D eigenvalue weighted by atomic mass is 10.1. The molecule has 0 aliphatic carbocycles. The first-order valence-electron chi connectivity index (χ1n) is 3.37. The number of hydrogen-bond acceptors (Lipinski definition) is 2. The molecular weight excluding hydrogens is 201 g/mol. The number of hydrogen-bond donors (Lipinski definition) is 2. The van der Waals surface area contributed by atoms with Crippen LogP contribution in [0, 0.1) is 0 Å². The second kappa shape index (κ2) is 3.17. The van der Waals surface area contributed by atoms with Crippen molar-refractivity contribution in [2.75, 3.05) is 0 Å². The maximum Gasteiger partial charge on any atom is 0.433 e. The monoisotopic (exact) mass is 206 g/mol. The minimum absolute atomic E-state index is 0.551. The molecule has 1 aromatic heterocycles. The number of carbonyl (C=O) groups is 1. The highest BCUT2D eigenvalue weighted by atomic mass is 19.4. The summed E-state index contributed by atoms with van der Waals surface area (Å²) in [6.07, 6.45) is -3.89. The van der Waals surface area contributed by atoms with Gasteiger partial charge in [0.05, 0.1) is 11.8 Å². The summed E-state index contributed by atoms with van der Waals surface area (Å²) in [4.78, 5) is 10.4. The largest absolute Gasteiger partial charge is 0.478 e. The first kappa shape index (κ1) is 10.3. The van der Waals surface area contributed by atoms with Crippen molar-refractivity contribution in [2.45, 2.75) is 6.18 Å². The van der Waals surface area contributed by atoms with E-state index in [4.69, 9.17) is 5.11 Å². The van der Waals surface area contributed by atoms with E-state index < -0.39 is 29.0 Å². The Balaban J connectivity index is 3.18. The molecular formula is C7H5F3N2O2. The third-order valence-electron chi connectivity index (χ3n) is 1.51. The summed E-state index contributed by atoms with van der Waals surface area (Å²) >= 11 is 0. The van der Waals surface area contributed by atoms with Gasteiger partial charge in [0.25, 0.3) is 0 Å². The Hall–Kier alpha value is -1.79. The molecule has 0 radical (unpaired) electrons. The fraction of sp³-hybridized carbons (Fsp3) is 0.143.